The van der Waals surface area contributed by atoms with Crippen LogP contribution in [-0.4, -0.2) is 75.5 Å². The molecule has 9 heteroatoms. The van der Waals surface area contributed by atoms with Crippen LogP contribution >= 0.6 is 0 Å². The normalized spacial score (nSPS) is 25.0. The molecule has 2 aromatic heterocycles. The van der Waals surface area contributed by atoms with Crippen molar-refractivity contribution in [3.63, 3.8) is 0 Å². The first kappa shape index (κ1) is 21.1. The predicted molar refractivity (Wildman–Crippen MR) is 117 cm³/mol. The van der Waals surface area contributed by atoms with E-state index < -0.39 is 0 Å². The number of nitrogens with zero attached hydrogens (tertiary/aromatic N) is 5. The molecule has 2 amide bonds. The molecular formula is C23H30N6O3. The molecule has 2 aliphatic heterocycles. The van der Waals surface area contributed by atoms with Gasteiger partial charge in [0.05, 0.1) is 11.7 Å². The summed E-state index contributed by atoms with van der Waals surface area (Å²) in [6.07, 6.45) is 9.13. The number of carbonyl (C=O) groups is 2. The highest BCUT2D eigenvalue weighted by Gasteiger charge is 2.56. The van der Waals surface area contributed by atoms with Crippen molar-refractivity contribution in [2.24, 2.45) is 5.41 Å². The zero-order valence-electron chi connectivity index (χ0n) is 18.7. The molecule has 1 spiro atoms. The Balaban J connectivity index is 1.20. The minimum Gasteiger partial charge on any atom is -0.360 e. The summed E-state index contributed by atoms with van der Waals surface area (Å²) in [6, 6.07) is 1.87. The Hall–Kier alpha value is -2.81. The maximum atomic E-state index is 13.1. The van der Waals surface area contributed by atoms with Gasteiger partial charge in [0.2, 0.25) is 5.91 Å². The number of likely N-dealkylation sites (N-methyl/N-ethyl adjacent to an activating group) is 1. The van der Waals surface area contributed by atoms with Crippen molar-refractivity contribution < 1.29 is 14.1 Å². The van der Waals surface area contributed by atoms with Gasteiger partial charge in [0.15, 0.2) is 0 Å². The molecular weight excluding hydrogens is 408 g/mol. The molecule has 2 saturated heterocycles. The van der Waals surface area contributed by atoms with E-state index in [1.54, 1.807) is 19.2 Å². The SMILES string of the molecule is Cc1onc(-c2ccncn2)c1C(=O)NC1CC12CCN(C(=O)[C@H]1CCCCN1C)CC2. The van der Waals surface area contributed by atoms with Crippen LogP contribution in [0.25, 0.3) is 11.4 Å². The van der Waals surface area contributed by atoms with Gasteiger partial charge in [-0.15, -0.1) is 0 Å². The van der Waals surface area contributed by atoms with Gasteiger partial charge >= 0.3 is 0 Å². The fourth-order valence-electron chi connectivity index (χ4n) is 5.35. The lowest BCUT2D eigenvalue weighted by Crippen LogP contribution is -2.52. The summed E-state index contributed by atoms with van der Waals surface area (Å²) >= 11 is 0. The van der Waals surface area contributed by atoms with E-state index in [1.807, 2.05) is 4.90 Å². The van der Waals surface area contributed by atoms with E-state index in [0.29, 0.717) is 22.7 Å². The molecule has 0 aromatic carbocycles. The minimum absolute atomic E-state index is 0.0317. The van der Waals surface area contributed by atoms with E-state index in [4.69, 9.17) is 4.52 Å². The van der Waals surface area contributed by atoms with Crippen molar-refractivity contribution in [3.8, 4) is 11.4 Å². The van der Waals surface area contributed by atoms with Crippen LogP contribution < -0.4 is 5.32 Å². The topological polar surface area (TPSA) is 104 Å². The van der Waals surface area contributed by atoms with Crippen molar-refractivity contribution in [3.05, 3.63) is 29.9 Å². The molecule has 0 bridgehead atoms. The summed E-state index contributed by atoms with van der Waals surface area (Å²) in [7, 11) is 2.06. The molecule has 1 aliphatic carbocycles. The van der Waals surface area contributed by atoms with Crippen LogP contribution in [0.2, 0.25) is 0 Å². The lowest BCUT2D eigenvalue weighted by atomic mass is 9.91. The van der Waals surface area contributed by atoms with Crippen LogP contribution in [0.3, 0.4) is 0 Å². The summed E-state index contributed by atoms with van der Waals surface area (Å²) in [4.78, 5) is 38.4. The second-order valence-electron chi connectivity index (χ2n) is 9.47. The maximum Gasteiger partial charge on any atom is 0.257 e. The van der Waals surface area contributed by atoms with Crippen LogP contribution in [0.15, 0.2) is 23.1 Å². The summed E-state index contributed by atoms with van der Waals surface area (Å²) in [5.74, 6) is 0.572. The fraction of sp³-hybridized carbons (Fsp3) is 0.609. The average molecular weight is 439 g/mol. The highest BCUT2D eigenvalue weighted by molar-refractivity contribution is 6.00. The van der Waals surface area contributed by atoms with Gasteiger partial charge < -0.3 is 14.7 Å². The highest BCUT2D eigenvalue weighted by atomic mass is 16.5. The number of amides is 2. The molecule has 4 heterocycles. The first-order valence-electron chi connectivity index (χ1n) is 11.5. The standard InChI is InChI=1S/C23H30N6O3/c1-15-19(20(27-32-15)16-6-9-24-14-25-16)21(30)26-18-13-23(18)7-11-29(12-8-23)22(31)17-5-3-4-10-28(17)2/h6,9,14,17-18H,3-5,7-8,10-13H2,1-2H3,(H,26,30)/t17-,18?/m1/s1. The molecule has 1 unspecified atom stereocenters. The minimum atomic E-state index is -0.179. The van der Waals surface area contributed by atoms with Gasteiger partial charge in [-0.05, 0) is 64.1 Å². The first-order valence-corrected chi connectivity index (χ1v) is 11.5. The van der Waals surface area contributed by atoms with Crippen molar-refractivity contribution in [2.75, 3.05) is 26.7 Å². The van der Waals surface area contributed by atoms with E-state index in [9.17, 15) is 9.59 Å². The molecule has 3 aliphatic rings. The second-order valence-corrected chi connectivity index (χ2v) is 9.47. The highest BCUT2D eigenvalue weighted by Crippen LogP contribution is 2.54. The predicted octanol–water partition coefficient (Wildman–Crippen LogP) is 2.04. The van der Waals surface area contributed by atoms with Crippen LogP contribution in [0.1, 0.15) is 54.6 Å². The van der Waals surface area contributed by atoms with Gasteiger partial charge in [-0.3, -0.25) is 14.5 Å². The van der Waals surface area contributed by atoms with E-state index in [0.717, 1.165) is 51.7 Å². The first-order chi connectivity index (χ1) is 15.5. The number of piperidine rings is 2. The second kappa shape index (κ2) is 8.27. The van der Waals surface area contributed by atoms with E-state index in [1.165, 1.54) is 12.7 Å². The van der Waals surface area contributed by atoms with E-state index in [-0.39, 0.29) is 29.3 Å². The van der Waals surface area contributed by atoms with E-state index >= 15 is 0 Å². The summed E-state index contributed by atoms with van der Waals surface area (Å²) < 4.78 is 5.30. The Morgan fingerprint density at radius 3 is 2.75 bits per heavy atom. The van der Waals surface area contributed by atoms with Crippen LogP contribution in [-0.2, 0) is 4.79 Å². The zero-order chi connectivity index (χ0) is 22.3. The number of aryl methyl sites for hydroxylation is 1. The van der Waals surface area contributed by atoms with Crippen molar-refractivity contribution in [1.82, 2.24) is 30.2 Å². The molecule has 1 N–H and O–H groups in total. The van der Waals surface area contributed by atoms with Gasteiger partial charge in [-0.2, -0.15) is 0 Å². The fourth-order valence-corrected chi connectivity index (χ4v) is 5.35. The number of hydrogen-bond donors (Lipinski definition) is 1. The van der Waals surface area contributed by atoms with Gasteiger partial charge in [0.25, 0.3) is 5.91 Å². The largest absolute Gasteiger partial charge is 0.360 e. The molecule has 2 aromatic rings. The van der Waals surface area contributed by atoms with Crippen LogP contribution in [0.5, 0.6) is 0 Å². The summed E-state index contributed by atoms with van der Waals surface area (Å²) in [5.41, 5.74) is 1.53. The smallest absolute Gasteiger partial charge is 0.257 e. The van der Waals surface area contributed by atoms with Crippen molar-refractivity contribution in [1.29, 1.82) is 0 Å². The lowest BCUT2D eigenvalue weighted by molar-refractivity contribution is -0.139. The van der Waals surface area contributed by atoms with Gasteiger partial charge in [-0.25, -0.2) is 9.97 Å². The quantitative estimate of drug-likeness (QED) is 0.779. The van der Waals surface area contributed by atoms with Crippen LogP contribution in [0, 0.1) is 12.3 Å². The Kier molecular flexibility index (Phi) is 5.44. The van der Waals surface area contributed by atoms with Gasteiger partial charge in [-0.1, -0.05) is 11.6 Å². The maximum absolute atomic E-state index is 13.1. The average Bonchev–Trinajstić information content (AvgIpc) is 3.29. The summed E-state index contributed by atoms with van der Waals surface area (Å²) in [5, 5.41) is 7.23. The Morgan fingerprint density at radius 2 is 2.03 bits per heavy atom. The molecule has 1 saturated carbocycles. The Morgan fingerprint density at radius 1 is 1.22 bits per heavy atom. The van der Waals surface area contributed by atoms with Gasteiger partial charge in [0.1, 0.15) is 23.3 Å². The number of nitrogens with one attached hydrogen (secondary N) is 1. The molecule has 32 heavy (non-hydrogen) atoms. The number of aromatic nitrogens is 3. The number of likely N-dealkylation sites (tertiary alicyclic amines) is 2. The third kappa shape index (κ3) is 3.79. The van der Waals surface area contributed by atoms with E-state index in [2.05, 4.69) is 32.4 Å². The number of rotatable bonds is 4. The Labute approximate surface area is 187 Å². The summed E-state index contributed by atoms with van der Waals surface area (Å²) in [6.45, 7) is 4.28. The molecule has 170 valence electrons. The molecule has 3 fully saturated rings. The molecule has 0 radical (unpaired) electrons. The lowest BCUT2D eigenvalue weighted by Gasteiger charge is -2.39. The number of carbonyl (C=O) groups excluding carboxylic acids is 2. The molecule has 5 rings (SSSR count). The van der Waals surface area contributed by atoms with Crippen molar-refractivity contribution in [2.45, 2.75) is 57.5 Å². The third-order valence-corrected chi connectivity index (χ3v) is 7.54. The molecule has 2 atom stereocenters. The van der Waals surface area contributed by atoms with Crippen LogP contribution in [0.4, 0.5) is 0 Å². The monoisotopic (exact) mass is 438 g/mol. The Bertz CT molecular complexity index is 998. The number of hydrogen-bond acceptors (Lipinski definition) is 7. The third-order valence-electron chi connectivity index (χ3n) is 7.54. The van der Waals surface area contributed by atoms with Crippen molar-refractivity contribution >= 4 is 11.8 Å². The zero-order valence-corrected chi connectivity index (χ0v) is 18.7. The van der Waals surface area contributed by atoms with Gasteiger partial charge in [0, 0.05) is 25.3 Å². The molecule has 9 nitrogen and oxygen atoms in total.